The first kappa shape index (κ1) is 13.5. The Labute approximate surface area is 89.7 Å². The number of hydrogen-bond acceptors (Lipinski definition) is 1. The van der Waals surface area contributed by atoms with Crippen molar-refractivity contribution < 1.29 is 0 Å². The Hall–Kier alpha value is -0.480. The van der Waals surface area contributed by atoms with Gasteiger partial charge >= 0.3 is 0 Å². The van der Waals surface area contributed by atoms with Gasteiger partial charge in [-0.3, -0.25) is 0 Å². The van der Waals surface area contributed by atoms with E-state index in [0.29, 0.717) is 11.5 Å². The van der Waals surface area contributed by atoms with Crippen molar-refractivity contribution in [2.24, 2.45) is 11.3 Å². The maximum absolute atomic E-state index is 5.27. The Bertz CT molecular complexity index is 182. The van der Waals surface area contributed by atoms with E-state index in [1.165, 1.54) is 6.42 Å². The monoisotopic (exact) mass is 195 g/mol. The molecule has 0 aliphatic heterocycles. The van der Waals surface area contributed by atoms with Crippen LogP contribution in [0.5, 0.6) is 0 Å². The van der Waals surface area contributed by atoms with Gasteiger partial charge in [-0.1, -0.05) is 27.7 Å². The topological polar surface area (TPSA) is 12.0 Å². The molecule has 0 saturated heterocycles. The van der Waals surface area contributed by atoms with Gasteiger partial charge in [0.1, 0.15) is 0 Å². The average molecular weight is 195 g/mol. The summed E-state index contributed by atoms with van der Waals surface area (Å²) in [5.74, 6) is 3.42. The third-order valence-electron chi connectivity index (χ3n) is 3.16. The highest BCUT2D eigenvalue weighted by atomic mass is 14.9. The standard InChI is InChI=1S/C13H25N/c1-7-8-9-12(14-6)10-11(2)13(3,4)5/h1,11-12,14H,8-10H2,2-6H3. The second-order valence-electron chi connectivity index (χ2n) is 5.23. The number of hydrogen-bond donors (Lipinski definition) is 1. The molecule has 0 fully saturated rings. The molecule has 1 N–H and O–H groups in total. The summed E-state index contributed by atoms with van der Waals surface area (Å²) in [4.78, 5) is 0. The van der Waals surface area contributed by atoms with Crippen molar-refractivity contribution in [3.05, 3.63) is 0 Å². The van der Waals surface area contributed by atoms with Crippen molar-refractivity contribution in [1.29, 1.82) is 0 Å². The fourth-order valence-corrected chi connectivity index (χ4v) is 1.42. The van der Waals surface area contributed by atoms with Crippen LogP contribution >= 0.6 is 0 Å². The van der Waals surface area contributed by atoms with Gasteiger partial charge in [0.2, 0.25) is 0 Å². The Morgan fingerprint density at radius 3 is 2.29 bits per heavy atom. The molecule has 2 unspecified atom stereocenters. The Kier molecular flexibility index (Phi) is 5.88. The van der Waals surface area contributed by atoms with E-state index in [1.54, 1.807) is 0 Å². The van der Waals surface area contributed by atoms with Crippen LogP contribution in [0, 0.1) is 23.7 Å². The van der Waals surface area contributed by atoms with Crippen LogP contribution in [0.3, 0.4) is 0 Å². The van der Waals surface area contributed by atoms with E-state index >= 15 is 0 Å². The summed E-state index contributed by atoms with van der Waals surface area (Å²) >= 11 is 0. The van der Waals surface area contributed by atoms with Gasteiger partial charge in [0, 0.05) is 12.5 Å². The predicted octanol–water partition coefficient (Wildman–Crippen LogP) is 3.06. The third kappa shape index (κ3) is 5.29. The number of rotatable bonds is 5. The van der Waals surface area contributed by atoms with Gasteiger partial charge in [-0.15, -0.1) is 12.3 Å². The van der Waals surface area contributed by atoms with E-state index in [1.807, 2.05) is 7.05 Å². The highest BCUT2D eigenvalue weighted by molar-refractivity contribution is 4.86. The quantitative estimate of drug-likeness (QED) is 0.665. The fraction of sp³-hybridized carbons (Fsp3) is 0.846. The molecule has 0 aliphatic carbocycles. The molecule has 0 rings (SSSR count). The van der Waals surface area contributed by atoms with Gasteiger partial charge < -0.3 is 5.32 Å². The fourth-order valence-electron chi connectivity index (χ4n) is 1.42. The molecule has 0 saturated carbocycles. The molecule has 0 aromatic rings. The zero-order chi connectivity index (χ0) is 11.2. The summed E-state index contributed by atoms with van der Waals surface area (Å²) in [6.45, 7) is 9.21. The lowest BCUT2D eigenvalue weighted by Crippen LogP contribution is -2.31. The van der Waals surface area contributed by atoms with Crippen LogP contribution in [-0.4, -0.2) is 13.1 Å². The SMILES string of the molecule is C#CCCC(CC(C)C(C)(C)C)NC. The predicted molar refractivity (Wildman–Crippen MR) is 64.2 cm³/mol. The molecule has 1 heteroatoms. The summed E-state index contributed by atoms with van der Waals surface area (Å²) in [6.07, 6.45) is 8.45. The maximum Gasteiger partial charge on any atom is 0.0101 e. The largest absolute Gasteiger partial charge is 0.317 e. The summed E-state index contributed by atoms with van der Waals surface area (Å²) in [5, 5.41) is 3.34. The molecule has 0 aliphatic rings. The molecule has 14 heavy (non-hydrogen) atoms. The molecule has 0 heterocycles. The highest BCUT2D eigenvalue weighted by Gasteiger charge is 2.22. The minimum absolute atomic E-state index is 0.394. The van der Waals surface area contributed by atoms with E-state index in [0.717, 1.165) is 18.8 Å². The second kappa shape index (κ2) is 6.09. The third-order valence-corrected chi connectivity index (χ3v) is 3.16. The lowest BCUT2D eigenvalue weighted by Gasteiger charge is -2.30. The van der Waals surface area contributed by atoms with Gasteiger partial charge in [-0.05, 0) is 31.2 Å². The summed E-state index contributed by atoms with van der Waals surface area (Å²) in [7, 11) is 2.02. The van der Waals surface area contributed by atoms with Crippen LogP contribution in [0.1, 0.15) is 47.0 Å². The molecular weight excluding hydrogens is 170 g/mol. The Balaban J connectivity index is 3.99. The van der Waals surface area contributed by atoms with Gasteiger partial charge in [-0.2, -0.15) is 0 Å². The zero-order valence-electron chi connectivity index (χ0n) is 10.4. The van der Waals surface area contributed by atoms with E-state index < -0.39 is 0 Å². The van der Waals surface area contributed by atoms with Crippen molar-refractivity contribution in [2.45, 2.75) is 53.0 Å². The summed E-state index contributed by atoms with van der Waals surface area (Å²) in [6, 6.07) is 0.570. The molecular formula is C13H25N. The average Bonchev–Trinajstić information content (AvgIpc) is 2.10. The first-order valence-corrected chi connectivity index (χ1v) is 5.52. The van der Waals surface area contributed by atoms with Crippen molar-refractivity contribution in [3.8, 4) is 12.3 Å². The normalized spacial score (nSPS) is 16.0. The van der Waals surface area contributed by atoms with Gasteiger partial charge in [0.05, 0.1) is 0 Å². The van der Waals surface area contributed by atoms with Gasteiger partial charge in [0.25, 0.3) is 0 Å². The second-order valence-corrected chi connectivity index (χ2v) is 5.23. The molecule has 0 aromatic carbocycles. The lowest BCUT2D eigenvalue weighted by atomic mass is 9.78. The number of terminal acetylenes is 1. The molecule has 0 spiro atoms. The van der Waals surface area contributed by atoms with E-state index in [-0.39, 0.29) is 0 Å². The maximum atomic E-state index is 5.27. The van der Waals surface area contributed by atoms with Crippen molar-refractivity contribution in [1.82, 2.24) is 5.32 Å². The molecule has 82 valence electrons. The van der Waals surface area contributed by atoms with Gasteiger partial charge in [-0.25, -0.2) is 0 Å². The van der Waals surface area contributed by atoms with Crippen molar-refractivity contribution in [2.75, 3.05) is 7.05 Å². The first-order valence-electron chi connectivity index (χ1n) is 5.52. The van der Waals surface area contributed by atoms with Crippen molar-refractivity contribution >= 4 is 0 Å². The van der Waals surface area contributed by atoms with E-state index in [4.69, 9.17) is 6.42 Å². The van der Waals surface area contributed by atoms with Crippen LogP contribution < -0.4 is 5.32 Å². The van der Waals surface area contributed by atoms with Crippen LogP contribution in [-0.2, 0) is 0 Å². The Morgan fingerprint density at radius 1 is 1.36 bits per heavy atom. The number of nitrogens with one attached hydrogen (secondary N) is 1. The molecule has 0 bridgehead atoms. The molecule has 2 atom stereocenters. The molecule has 0 radical (unpaired) electrons. The van der Waals surface area contributed by atoms with E-state index in [2.05, 4.69) is 38.9 Å². The van der Waals surface area contributed by atoms with Gasteiger partial charge in [0.15, 0.2) is 0 Å². The molecule has 0 aromatic heterocycles. The minimum atomic E-state index is 0.394. The first-order chi connectivity index (χ1) is 6.41. The van der Waals surface area contributed by atoms with Crippen LogP contribution in [0.15, 0.2) is 0 Å². The highest BCUT2D eigenvalue weighted by Crippen LogP contribution is 2.29. The smallest absolute Gasteiger partial charge is 0.0101 e. The minimum Gasteiger partial charge on any atom is -0.317 e. The van der Waals surface area contributed by atoms with Crippen molar-refractivity contribution in [3.63, 3.8) is 0 Å². The summed E-state index contributed by atoms with van der Waals surface area (Å²) in [5.41, 5.74) is 0.394. The van der Waals surface area contributed by atoms with Crippen LogP contribution in [0.2, 0.25) is 0 Å². The van der Waals surface area contributed by atoms with Crippen LogP contribution in [0.4, 0.5) is 0 Å². The van der Waals surface area contributed by atoms with Crippen LogP contribution in [0.25, 0.3) is 0 Å². The molecule has 1 nitrogen and oxygen atoms in total. The Morgan fingerprint density at radius 2 is 1.93 bits per heavy atom. The molecule has 0 amide bonds. The van der Waals surface area contributed by atoms with E-state index in [9.17, 15) is 0 Å². The lowest BCUT2D eigenvalue weighted by molar-refractivity contribution is 0.222. The zero-order valence-corrected chi connectivity index (χ0v) is 10.4. The summed E-state index contributed by atoms with van der Waals surface area (Å²) < 4.78 is 0.